The van der Waals surface area contributed by atoms with Gasteiger partial charge in [0.15, 0.2) is 5.22 Å². The van der Waals surface area contributed by atoms with Crippen molar-refractivity contribution >= 4 is 28.5 Å². The highest BCUT2D eigenvalue weighted by Crippen LogP contribution is 2.29. The van der Waals surface area contributed by atoms with Crippen molar-refractivity contribution in [3.05, 3.63) is 67.6 Å². The van der Waals surface area contributed by atoms with Gasteiger partial charge < -0.3 is 14.7 Å². The molecule has 8 heteroatoms. The number of halogens is 1. The maximum absolute atomic E-state index is 12.0. The third-order valence-electron chi connectivity index (χ3n) is 3.28. The predicted molar refractivity (Wildman–Crippen MR) is 84.5 cm³/mol. The summed E-state index contributed by atoms with van der Waals surface area (Å²) in [4.78, 5) is 38.7. The normalized spacial score (nSPS) is 10.8. The van der Waals surface area contributed by atoms with Gasteiger partial charge in [-0.2, -0.15) is 0 Å². The SMILES string of the molecule is O=C(Cc1cc(=O)[nH]c(=O)[nH]1)NCc1c(Cl)oc2ccccc12. The van der Waals surface area contributed by atoms with Gasteiger partial charge in [0.2, 0.25) is 5.91 Å². The lowest BCUT2D eigenvalue weighted by Crippen LogP contribution is -2.28. The van der Waals surface area contributed by atoms with Gasteiger partial charge in [-0.15, -0.1) is 0 Å². The highest BCUT2D eigenvalue weighted by Gasteiger charge is 2.13. The van der Waals surface area contributed by atoms with Gasteiger partial charge in [-0.25, -0.2) is 4.79 Å². The summed E-state index contributed by atoms with van der Waals surface area (Å²) in [6.07, 6.45) is -0.118. The summed E-state index contributed by atoms with van der Waals surface area (Å²) < 4.78 is 5.40. The average molecular weight is 334 g/mol. The van der Waals surface area contributed by atoms with Crippen molar-refractivity contribution in [1.29, 1.82) is 0 Å². The number of carbonyl (C=O) groups excluding carboxylic acids is 1. The highest BCUT2D eigenvalue weighted by atomic mass is 35.5. The highest BCUT2D eigenvalue weighted by molar-refractivity contribution is 6.30. The van der Waals surface area contributed by atoms with E-state index in [9.17, 15) is 14.4 Å². The first-order valence-corrected chi connectivity index (χ1v) is 7.16. The van der Waals surface area contributed by atoms with Crippen molar-refractivity contribution in [3.63, 3.8) is 0 Å². The van der Waals surface area contributed by atoms with Gasteiger partial charge in [0.05, 0.1) is 6.42 Å². The molecule has 3 aromatic rings. The molecule has 0 aliphatic rings. The van der Waals surface area contributed by atoms with Crippen LogP contribution in [0.1, 0.15) is 11.3 Å². The standard InChI is InChI=1S/C15H12ClN3O4/c16-14-10(9-3-1-2-4-11(9)23-14)7-17-12(20)5-8-6-13(21)19-15(22)18-8/h1-4,6H,5,7H2,(H,17,20)(H2,18,19,21,22). The summed E-state index contributed by atoms with van der Waals surface area (Å²) in [5.74, 6) is -0.354. The Bertz CT molecular complexity index is 958. The van der Waals surface area contributed by atoms with Crippen LogP contribution in [0.15, 0.2) is 44.3 Å². The minimum atomic E-state index is -0.649. The van der Waals surface area contributed by atoms with Gasteiger partial charge >= 0.3 is 5.69 Å². The van der Waals surface area contributed by atoms with Gasteiger partial charge in [0, 0.05) is 29.3 Å². The zero-order chi connectivity index (χ0) is 16.4. The van der Waals surface area contributed by atoms with Crippen LogP contribution in [0.3, 0.4) is 0 Å². The zero-order valence-electron chi connectivity index (χ0n) is 11.8. The molecule has 118 valence electrons. The molecule has 0 unspecified atom stereocenters. The first-order valence-electron chi connectivity index (χ1n) is 6.78. The minimum Gasteiger partial charge on any atom is -0.444 e. The Balaban J connectivity index is 1.72. The van der Waals surface area contributed by atoms with Crippen LogP contribution in [-0.4, -0.2) is 15.9 Å². The zero-order valence-corrected chi connectivity index (χ0v) is 12.6. The Hall–Kier alpha value is -2.80. The molecule has 23 heavy (non-hydrogen) atoms. The fourth-order valence-electron chi connectivity index (χ4n) is 2.27. The van der Waals surface area contributed by atoms with E-state index in [0.29, 0.717) is 11.1 Å². The first-order chi connectivity index (χ1) is 11.0. The topological polar surface area (TPSA) is 108 Å². The molecule has 0 bridgehead atoms. The summed E-state index contributed by atoms with van der Waals surface area (Å²) in [6.45, 7) is 0.183. The van der Waals surface area contributed by atoms with E-state index in [1.54, 1.807) is 6.07 Å². The van der Waals surface area contributed by atoms with E-state index < -0.39 is 11.2 Å². The van der Waals surface area contributed by atoms with Gasteiger partial charge in [-0.05, 0) is 17.7 Å². The molecule has 0 radical (unpaired) electrons. The van der Waals surface area contributed by atoms with E-state index in [2.05, 4.69) is 10.3 Å². The molecular formula is C15H12ClN3O4. The van der Waals surface area contributed by atoms with Gasteiger partial charge in [0.1, 0.15) is 5.58 Å². The van der Waals surface area contributed by atoms with Crippen LogP contribution in [0.5, 0.6) is 0 Å². The summed E-state index contributed by atoms with van der Waals surface area (Å²) in [7, 11) is 0. The molecule has 0 atom stereocenters. The Morgan fingerprint density at radius 3 is 2.78 bits per heavy atom. The van der Waals surface area contributed by atoms with E-state index >= 15 is 0 Å². The molecular weight excluding hydrogens is 322 g/mol. The molecule has 7 nitrogen and oxygen atoms in total. The number of amides is 1. The molecule has 0 saturated heterocycles. The average Bonchev–Trinajstić information content (AvgIpc) is 2.79. The summed E-state index contributed by atoms with van der Waals surface area (Å²) in [5.41, 5.74) is 0.347. The first kappa shape index (κ1) is 15.1. The number of hydrogen-bond acceptors (Lipinski definition) is 4. The minimum absolute atomic E-state index is 0.118. The Kier molecular flexibility index (Phi) is 4.03. The predicted octanol–water partition coefficient (Wildman–Crippen LogP) is 1.32. The number of hydrogen-bond donors (Lipinski definition) is 3. The number of fused-ring (bicyclic) bond motifs is 1. The van der Waals surface area contributed by atoms with Crippen LogP contribution >= 0.6 is 11.6 Å². The van der Waals surface area contributed by atoms with Crippen molar-refractivity contribution < 1.29 is 9.21 Å². The quantitative estimate of drug-likeness (QED) is 0.669. The van der Waals surface area contributed by atoms with E-state index in [4.69, 9.17) is 16.0 Å². The van der Waals surface area contributed by atoms with Crippen LogP contribution in [-0.2, 0) is 17.8 Å². The number of aromatic nitrogens is 2. The molecule has 0 spiro atoms. The van der Waals surface area contributed by atoms with E-state index in [1.807, 2.05) is 23.2 Å². The smallest absolute Gasteiger partial charge is 0.325 e. The molecule has 0 fully saturated rings. The monoisotopic (exact) mass is 333 g/mol. The van der Waals surface area contributed by atoms with E-state index in [0.717, 1.165) is 5.39 Å². The fraction of sp³-hybridized carbons (Fsp3) is 0.133. The molecule has 0 aliphatic carbocycles. The molecule has 3 rings (SSSR count). The maximum atomic E-state index is 12.0. The van der Waals surface area contributed by atoms with E-state index in [1.165, 1.54) is 6.07 Å². The molecule has 3 N–H and O–H groups in total. The third kappa shape index (κ3) is 3.35. The van der Waals surface area contributed by atoms with Gasteiger partial charge in [0.25, 0.3) is 5.56 Å². The van der Waals surface area contributed by atoms with E-state index in [-0.39, 0.29) is 29.8 Å². The van der Waals surface area contributed by atoms with Gasteiger partial charge in [-0.1, -0.05) is 18.2 Å². The molecule has 1 aromatic carbocycles. The lowest BCUT2D eigenvalue weighted by Gasteiger charge is -2.04. The number of benzene rings is 1. The number of H-pyrrole nitrogens is 2. The molecule has 0 saturated carbocycles. The third-order valence-corrected chi connectivity index (χ3v) is 3.58. The number of furan rings is 1. The summed E-state index contributed by atoms with van der Waals surface area (Å²) >= 11 is 6.04. The van der Waals surface area contributed by atoms with Crippen molar-refractivity contribution in [2.24, 2.45) is 0 Å². The Morgan fingerprint density at radius 1 is 1.22 bits per heavy atom. The van der Waals surface area contributed by atoms with Gasteiger partial charge in [-0.3, -0.25) is 14.6 Å². The number of para-hydroxylation sites is 1. The van der Waals surface area contributed by atoms with Crippen LogP contribution in [0.2, 0.25) is 5.22 Å². The summed E-state index contributed by atoms with van der Waals surface area (Å²) in [6, 6.07) is 8.48. The molecule has 2 aromatic heterocycles. The lowest BCUT2D eigenvalue weighted by atomic mass is 10.2. The lowest BCUT2D eigenvalue weighted by molar-refractivity contribution is -0.120. The van der Waals surface area contributed by atoms with Crippen LogP contribution in [0.4, 0.5) is 0 Å². The second-order valence-electron chi connectivity index (χ2n) is 4.92. The number of nitrogens with one attached hydrogen (secondary N) is 3. The van der Waals surface area contributed by atoms with Crippen molar-refractivity contribution in [1.82, 2.24) is 15.3 Å². The summed E-state index contributed by atoms with van der Waals surface area (Å²) in [5, 5.41) is 3.73. The Labute approximate surface area is 134 Å². The van der Waals surface area contributed by atoms with Crippen LogP contribution in [0, 0.1) is 0 Å². The van der Waals surface area contributed by atoms with Crippen molar-refractivity contribution in [2.45, 2.75) is 13.0 Å². The Morgan fingerprint density at radius 2 is 2.00 bits per heavy atom. The molecule has 1 amide bonds. The maximum Gasteiger partial charge on any atom is 0.325 e. The number of rotatable bonds is 4. The second kappa shape index (κ2) is 6.13. The number of carbonyl (C=O) groups is 1. The van der Waals surface area contributed by atoms with Crippen LogP contribution < -0.4 is 16.6 Å². The molecule has 2 heterocycles. The second-order valence-corrected chi connectivity index (χ2v) is 5.26. The number of aromatic amines is 2. The largest absolute Gasteiger partial charge is 0.444 e. The fourth-order valence-corrected chi connectivity index (χ4v) is 2.52. The van der Waals surface area contributed by atoms with Crippen molar-refractivity contribution in [2.75, 3.05) is 0 Å². The molecule has 0 aliphatic heterocycles. The van der Waals surface area contributed by atoms with Crippen LogP contribution in [0.25, 0.3) is 11.0 Å². The van der Waals surface area contributed by atoms with Crippen molar-refractivity contribution in [3.8, 4) is 0 Å².